The first-order chi connectivity index (χ1) is 25.8. The fourth-order valence-corrected chi connectivity index (χ4v) is 8.47. The van der Waals surface area contributed by atoms with E-state index in [0.717, 1.165) is 28.1 Å². The van der Waals surface area contributed by atoms with Crippen molar-refractivity contribution in [2.75, 3.05) is 0 Å². The summed E-state index contributed by atoms with van der Waals surface area (Å²) in [4.78, 5) is 5.13. The molecule has 0 spiro atoms. The van der Waals surface area contributed by atoms with Gasteiger partial charge in [-0.25, -0.2) is 4.98 Å². The SMILES string of the molecule is c1ccc(-n2c(-c3ccc(-c4cc5c6ccccc6c6c(c7ccccc7n6-c6ccccc6)c5c5ccccc45)cc3)nc3ccccc32)cc1. The first-order valence-electron chi connectivity index (χ1n) is 17.8. The summed E-state index contributed by atoms with van der Waals surface area (Å²) in [5.41, 5.74) is 10.3. The van der Waals surface area contributed by atoms with E-state index in [-0.39, 0.29) is 0 Å². The maximum Gasteiger partial charge on any atom is 0.145 e. The van der Waals surface area contributed by atoms with Gasteiger partial charge in [-0.15, -0.1) is 0 Å². The van der Waals surface area contributed by atoms with Gasteiger partial charge >= 0.3 is 0 Å². The van der Waals surface area contributed by atoms with Gasteiger partial charge in [0.05, 0.1) is 22.1 Å². The number of nitrogens with zero attached hydrogens (tertiary/aromatic N) is 3. The molecule has 0 aliphatic heterocycles. The van der Waals surface area contributed by atoms with Crippen molar-refractivity contribution in [1.82, 2.24) is 14.1 Å². The molecule has 0 aliphatic carbocycles. The van der Waals surface area contributed by atoms with E-state index in [1.165, 1.54) is 70.9 Å². The van der Waals surface area contributed by atoms with Crippen LogP contribution in [0.25, 0.3) is 99.0 Å². The summed E-state index contributed by atoms with van der Waals surface area (Å²) in [5, 5.41) is 10.1. The van der Waals surface area contributed by atoms with Crippen LogP contribution in [-0.4, -0.2) is 14.1 Å². The molecule has 0 amide bonds. The molecule has 2 heterocycles. The number of aromatic nitrogens is 3. The van der Waals surface area contributed by atoms with Crippen molar-refractivity contribution < 1.29 is 0 Å². The molecule has 0 fully saturated rings. The first-order valence-corrected chi connectivity index (χ1v) is 17.8. The van der Waals surface area contributed by atoms with Crippen LogP contribution in [0.15, 0.2) is 188 Å². The van der Waals surface area contributed by atoms with E-state index in [4.69, 9.17) is 4.98 Å². The summed E-state index contributed by atoms with van der Waals surface area (Å²) in [5.74, 6) is 0.936. The van der Waals surface area contributed by atoms with Crippen molar-refractivity contribution in [1.29, 1.82) is 0 Å². The van der Waals surface area contributed by atoms with Crippen molar-refractivity contribution in [3.63, 3.8) is 0 Å². The van der Waals surface area contributed by atoms with Gasteiger partial charge in [-0.2, -0.15) is 0 Å². The lowest BCUT2D eigenvalue weighted by molar-refractivity contribution is 1.10. The van der Waals surface area contributed by atoms with Gasteiger partial charge in [0.25, 0.3) is 0 Å². The van der Waals surface area contributed by atoms with E-state index in [1.54, 1.807) is 0 Å². The Labute approximate surface area is 300 Å². The molecule has 0 unspecified atom stereocenters. The topological polar surface area (TPSA) is 22.8 Å². The van der Waals surface area contributed by atoms with Crippen molar-refractivity contribution in [2.45, 2.75) is 0 Å². The summed E-state index contributed by atoms with van der Waals surface area (Å²) in [7, 11) is 0. The second-order valence-electron chi connectivity index (χ2n) is 13.5. The van der Waals surface area contributed by atoms with Crippen molar-refractivity contribution >= 4 is 65.2 Å². The molecule has 0 atom stereocenters. The fraction of sp³-hybridized carbons (Fsp3) is 0. The molecule has 242 valence electrons. The lowest BCUT2D eigenvalue weighted by atomic mass is 9.88. The van der Waals surface area contributed by atoms with Crippen LogP contribution >= 0.6 is 0 Å². The van der Waals surface area contributed by atoms with Crippen LogP contribution in [0.4, 0.5) is 0 Å². The zero-order chi connectivity index (χ0) is 34.2. The van der Waals surface area contributed by atoms with Gasteiger partial charge < -0.3 is 4.57 Å². The molecule has 3 heteroatoms. The van der Waals surface area contributed by atoms with Crippen LogP contribution in [0.1, 0.15) is 0 Å². The Balaban J connectivity index is 1.19. The molecule has 0 bridgehead atoms. The molecular weight excluding hydrogens is 631 g/mol. The molecule has 0 saturated carbocycles. The third-order valence-electron chi connectivity index (χ3n) is 10.7. The molecule has 52 heavy (non-hydrogen) atoms. The Kier molecular flexibility index (Phi) is 6.25. The number of imidazole rings is 1. The predicted octanol–water partition coefficient (Wildman–Crippen LogP) is 12.9. The second kappa shape index (κ2) is 11.3. The third kappa shape index (κ3) is 4.17. The zero-order valence-electron chi connectivity index (χ0n) is 28.2. The van der Waals surface area contributed by atoms with Gasteiger partial charge in [0, 0.05) is 38.5 Å². The minimum Gasteiger partial charge on any atom is -0.309 e. The Morgan fingerprint density at radius 1 is 0.346 bits per heavy atom. The Morgan fingerprint density at radius 2 is 0.885 bits per heavy atom. The van der Waals surface area contributed by atoms with Crippen LogP contribution in [0.5, 0.6) is 0 Å². The van der Waals surface area contributed by atoms with E-state index in [0.29, 0.717) is 0 Å². The molecule has 2 aromatic heterocycles. The highest BCUT2D eigenvalue weighted by Crippen LogP contribution is 2.47. The Bertz CT molecular complexity index is 3150. The maximum absolute atomic E-state index is 5.13. The standard InChI is InChI=1S/C49H31N3/c1-3-15-34(16-4-1)51-44-25-13-11-23-40(44)47-46-38-21-9-7-19-36(38)41(31-42(46)37-20-8-10-22-39(37)48(47)51)32-27-29-33(30-28-32)49-50-43-24-12-14-26-45(43)52(49)35-17-5-2-6-18-35/h1-31H. The maximum atomic E-state index is 5.13. The number of benzene rings is 9. The Hall–Kier alpha value is -6.97. The van der Waals surface area contributed by atoms with Crippen molar-refractivity contribution in [3.8, 4) is 33.9 Å². The number of hydrogen-bond acceptors (Lipinski definition) is 1. The molecule has 3 nitrogen and oxygen atoms in total. The highest BCUT2D eigenvalue weighted by Gasteiger charge is 2.22. The highest BCUT2D eigenvalue weighted by molar-refractivity contribution is 6.38. The van der Waals surface area contributed by atoms with E-state index in [2.05, 4.69) is 197 Å². The van der Waals surface area contributed by atoms with Crippen LogP contribution in [0, 0.1) is 0 Å². The van der Waals surface area contributed by atoms with Crippen LogP contribution in [-0.2, 0) is 0 Å². The van der Waals surface area contributed by atoms with Crippen molar-refractivity contribution in [3.05, 3.63) is 188 Å². The highest BCUT2D eigenvalue weighted by atomic mass is 15.1. The average Bonchev–Trinajstić information content (AvgIpc) is 3.78. The lowest BCUT2D eigenvalue weighted by Crippen LogP contribution is -1.97. The predicted molar refractivity (Wildman–Crippen MR) is 219 cm³/mol. The van der Waals surface area contributed by atoms with Gasteiger partial charge in [0.2, 0.25) is 0 Å². The molecular formula is C49H31N3. The molecule has 0 N–H and O–H groups in total. The quantitative estimate of drug-likeness (QED) is 0.172. The monoisotopic (exact) mass is 661 g/mol. The molecule has 11 rings (SSSR count). The summed E-state index contributed by atoms with van der Waals surface area (Å²) in [6.45, 7) is 0. The summed E-state index contributed by atoms with van der Waals surface area (Å²) >= 11 is 0. The van der Waals surface area contributed by atoms with Gasteiger partial charge in [-0.1, -0.05) is 140 Å². The summed E-state index contributed by atoms with van der Waals surface area (Å²) in [6.07, 6.45) is 0. The number of hydrogen-bond donors (Lipinski definition) is 0. The molecule has 0 saturated heterocycles. The molecule has 0 radical (unpaired) electrons. The van der Waals surface area contributed by atoms with Gasteiger partial charge in [-0.05, 0) is 81.2 Å². The van der Waals surface area contributed by atoms with Gasteiger partial charge in [0.15, 0.2) is 0 Å². The summed E-state index contributed by atoms with van der Waals surface area (Å²) < 4.78 is 4.72. The largest absolute Gasteiger partial charge is 0.309 e. The second-order valence-corrected chi connectivity index (χ2v) is 13.5. The first kappa shape index (κ1) is 28.8. The molecule has 0 aliphatic rings. The normalized spacial score (nSPS) is 11.8. The fourth-order valence-electron chi connectivity index (χ4n) is 8.47. The molecule has 9 aromatic carbocycles. The third-order valence-corrected chi connectivity index (χ3v) is 10.7. The van der Waals surface area contributed by atoms with Crippen LogP contribution < -0.4 is 0 Å². The number of rotatable bonds is 4. The van der Waals surface area contributed by atoms with Crippen molar-refractivity contribution in [2.24, 2.45) is 0 Å². The van der Waals surface area contributed by atoms with Gasteiger partial charge in [0.1, 0.15) is 5.82 Å². The smallest absolute Gasteiger partial charge is 0.145 e. The molecule has 11 aromatic rings. The van der Waals surface area contributed by atoms with E-state index < -0.39 is 0 Å². The van der Waals surface area contributed by atoms with E-state index in [1.807, 2.05) is 0 Å². The van der Waals surface area contributed by atoms with Crippen LogP contribution in [0.3, 0.4) is 0 Å². The van der Waals surface area contributed by atoms with Gasteiger partial charge in [-0.3, -0.25) is 4.57 Å². The van der Waals surface area contributed by atoms with E-state index in [9.17, 15) is 0 Å². The average molecular weight is 662 g/mol. The van der Waals surface area contributed by atoms with Crippen LogP contribution in [0.2, 0.25) is 0 Å². The minimum atomic E-state index is 0.936. The number of para-hydroxylation sites is 5. The summed E-state index contributed by atoms with van der Waals surface area (Å²) in [6, 6.07) is 67.8. The number of fused-ring (bicyclic) bond motifs is 11. The lowest BCUT2D eigenvalue weighted by Gasteiger charge is -2.16. The minimum absolute atomic E-state index is 0.936. The van der Waals surface area contributed by atoms with E-state index >= 15 is 0 Å². The zero-order valence-corrected chi connectivity index (χ0v) is 28.2. The Morgan fingerprint density at radius 3 is 1.62 bits per heavy atom.